The molecule has 2 rings (SSSR count). The van der Waals surface area contributed by atoms with Crippen molar-refractivity contribution in [2.45, 2.75) is 19.5 Å². The number of carbonyl (C=O) groups excluding carboxylic acids is 1. The molecule has 1 aromatic heterocycles. The molecule has 1 heterocycles. The third kappa shape index (κ3) is 3.20. The van der Waals surface area contributed by atoms with Crippen molar-refractivity contribution in [3.05, 3.63) is 53.3 Å². The number of hydrogen-bond donors (Lipinski definition) is 2. The Balaban J connectivity index is 2.11. The Kier molecular flexibility index (Phi) is 4.30. The maximum absolute atomic E-state index is 11.8. The zero-order valence-electron chi connectivity index (χ0n) is 11.0. The number of nitrogens with one attached hydrogen (secondary N) is 2. The lowest BCUT2D eigenvalue weighted by atomic mass is 10.1. The van der Waals surface area contributed by atoms with Crippen molar-refractivity contribution in [2.24, 2.45) is 0 Å². The topological polar surface area (TPSA) is 67.0 Å². The highest BCUT2D eigenvalue weighted by Gasteiger charge is 2.20. The molecule has 0 spiro atoms. The van der Waals surface area contributed by atoms with Crippen LogP contribution >= 0.6 is 0 Å². The Morgan fingerprint density at radius 2 is 2.16 bits per heavy atom. The van der Waals surface area contributed by atoms with Gasteiger partial charge in [-0.05, 0) is 12.5 Å². The van der Waals surface area contributed by atoms with Crippen molar-refractivity contribution >= 4 is 5.97 Å². The largest absolute Gasteiger partial charge is 0.468 e. The summed E-state index contributed by atoms with van der Waals surface area (Å²) in [5, 5.41) is 10.0. The average molecular weight is 259 g/mol. The molecule has 0 bridgehead atoms. The van der Waals surface area contributed by atoms with E-state index < -0.39 is 6.04 Å². The van der Waals surface area contributed by atoms with E-state index in [-0.39, 0.29) is 5.97 Å². The van der Waals surface area contributed by atoms with Crippen LogP contribution in [0.2, 0.25) is 0 Å². The lowest BCUT2D eigenvalue weighted by Gasteiger charge is -2.16. The van der Waals surface area contributed by atoms with Crippen LogP contribution in [0.4, 0.5) is 0 Å². The maximum atomic E-state index is 11.8. The molecular weight excluding hydrogens is 242 g/mol. The molecule has 1 unspecified atom stereocenters. The highest BCUT2D eigenvalue weighted by atomic mass is 16.5. The number of aromatic nitrogens is 2. The molecule has 0 aliphatic rings. The fraction of sp³-hybridized carbons (Fsp3) is 0.286. The predicted octanol–water partition coefficient (Wildman–Crippen LogP) is 1.72. The molecule has 0 radical (unpaired) electrons. The van der Waals surface area contributed by atoms with Crippen LogP contribution in [0, 0.1) is 6.92 Å². The molecule has 0 saturated carbocycles. The molecule has 1 aromatic carbocycles. The number of hydrogen-bond acceptors (Lipinski definition) is 4. The molecule has 2 aromatic rings. The molecule has 0 aliphatic heterocycles. The third-order valence-corrected chi connectivity index (χ3v) is 3.00. The first-order chi connectivity index (χ1) is 9.22. The second kappa shape index (κ2) is 6.15. The Bertz CT molecular complexity index is 537. The van der Waals surface area contributed by atoms with Crippen LogP contribution in [-0.2, 0) is 16.1 Å². The summed E-state index contributed by atoms with van der Waals surface area (Å²) in [4.78, 5) is 11.8. The van der Waals surface area contributed by atoms with Crippen LogP contribution in [-0.4, -0.2) is 23.3 Å². The van der Waals surface area contributed by atoms with Crippen molar-refractivity contribution in [1.29, 1.82) is 0 Å². The van der Waals surface area contributed by atoms with Crippen LogP contribution < -0.4 is 5.32 Å². The van der Waals surface area contributed by atoms with Crippen LogP contribution in [0.1, 0.15) is 22.9 Å². The van der Waals surface area contributed by atoms with Gasteiger partial charge in [-0.3, -0.25) is 10.4 Å². The Morgan fingerprint density at radius 1 is 1.42 bits per heavy atom. The molecule has 100 valence electrons. The van der Waals surface area contributed by atoms with Crippen LogP contribution in [0.25, 0.3) is 0 Å². The summed E-state index contributed by atoms with van der Waals surface area (Å²) in [6.45, 7) is 2.50. The summed E-state index contributed by atoms with van der Waals surface area (Å²) >= 11 is 0. The Hall–Kier alpha value is -2.14. The van der Waals surface area contributed by atoms with E-state index in [4.69, 9.17) is 4.74 Å². The van der Waals surface area contributed by atoms with Crippen molar-refractivity contribution in [3.8, 4) is 0 Å². The number of nitrogens with zero attached hydrogens (tertiary/aromatic N) is 1. The van der Waals surface area contributed by atoms with Gasteiger partial charge in [0.25, 0.3) is 0 Å². The fourth-order valence-electron chi connectivity index (χ4n) is 1.87. The highest BCUT2D eigenvalue weighted by Crippen LogP contribution is 2.15. The number of aryl methyl sites for hydroxylation is 1. The molecule has 2 N–H and O–H groups in total. The van der Waals surface area contributed by atoms with Gasteiger partial charge in [0.1, 0.15) is 6.04 Å². The number of ether oxygens (including phenoxy) is 1. The van der Waals surface area contributed by atoms with E-state index in [0.29, 0.717) is 6.54 Å². The standard InChI is InChI=1S/C14H17N3O2/c1-10-12(9-16-17-10)8-15-13(14(18)19-2)11-6-4-3-5-7-11/h3-7,9,13,15H,8H2,1-2H3,(H,16,17). The summed E-state index contributed by atoms with van der Waals surface area (Å²) in [5.74, 6) is -0.299. The van der Waals surface area contributed by atoms with Gasteiger partial charge >= 0.3 is 5.97 Å². The van der Waals surface area contributed by atoms with Gasteiger partial charge < -0.3 is 4.74 Å². The lowest BCUT2D eigenvalue weighted by molar-refractivity contribution is -0.143. The minimum Gasteiger partial charge on any atom is -0.468 e. The van der Waals surface area contributed by atoms with Gasteiger partial charge in [-0.1, -0.05) is 30.3 Å². The van der Waals surface area contributed by atoms with Crippen molar-refractivity contribution in [3.63, 3.8) is 0 Å². The fourth-order valence-corrected chi connectivity index (χ4v) is 1.87. The highest BCUT2D eigenvalue weighted by molar-refractivity contribution is 5.77. The van der Waals surface area contributed by atoms with E-state index in [0.717, 1.165) is 16.8 Å². The Morgan fingerprint density at radius 3 is 2.74 bits per heavy atom. The van der Waals surface area contributed by atoms with Crippen molar-refractivity contribution in [2.75, 3.05) is 7.11 Å². The second-order valence-electron chi connectivity index (χ2n) is 4.27. The van der Waals surface area contributed by atoms with Crippen molar-refractivity contribution in [1.82, 2.24) is 15.5 Å². The van der Waals surface area contributed by atoms with Crippen LogP contribution in [0.5, 0.6) is 0 Å². The molecule has 0 fully saturated rings. The zero-order valence-corrected chi connectivity index (χ0v) is 11.0. The number of methoxy groups -OCH3 is 1. The number of carbonyl (C=O) groups is 1. The zero-order chi connectivity index (χ0) is 13.7. The smallest absolute Gasteiger partial charge is 0.327 e. The van der Waals surface area contributed by atoms with Crippen LogP contribution in [0.3, 0.4) is 0 Å². The third-order valence-electron chi connectivity index (χ3n) is 3.00. The molecule has 0 aliphatic carbocycles. The quantitative estimate of drug-likeness (QED) is 0.802. The molecule has 1 atom stereocenters. The molecular formula is C14H17N3O2. The molecule has 0 saturated heterocycles. The SMILES string of the molecule is COC(=O)C(NCc1cn[nH]c1C)c1ccccc1. The number of rotatable bonds is 5. The van der Waals surface area contributed by atoms with Gasteiger partial charge in [-0.15, -0.1) is 0 Å². The van der Waals surface area contributed by atoms with Crippen molar-refractivity contribution < 1.29 is 9.53 Å². The van der Waals surface area contributed by atoms with Gasteiger partial charge in [-0.2, -0.15) is 5.10 Å². The minimum atomic E-state index is -0.472. The number of aromatic amines is 1. The second-order valence-corrected chi connectivity index (χ2v) is 4.27. The molecule has 0 amide bonds. The molecule has 5 nitrogen and oxygen atoms in total. The maximum Gasteiger partial charge on any atom is 0.327 e. The summed E-state index contributed by atoms with van der Waals surface area (Å²) < 4.78 is 4.84. The van der Waals surface area contributed by atoms with Gasteiger partial charge in [0.2, 0.25) is 0 Å². The van der Waals surface area contributed by atoms with E-state index in [2.05, 4.69) is 15.5 Å². The monoisotopic (exact) mass is 259 g/mol. The van der Waals surface area contributed by atoms with Gasteiger partial charge in [0.05, 0.1) is 13.3 Å². The lowest BCUT2D eigenvalue weighted by Crippen LogP contribution is -2.29. The summed E-state index contributed by atoms with van der Waals surface area (Å²) in [6, 6.07) is 9.04. The predicted molar refractivity (Wildman–Crippen MR) is 71.4 cm³/mol. The van der Waals surface area contributed by atoms with Crippen LogP contribution in [0.15, 0.2) is 36.5 Å². The number of esters is 1. The summed E-state index contributed by atoms with van der Waals surface area (Å²) in [5.41, 5.74) is 2.91. The van der Waals surface area contributed by atoms with Gasteiger partial charge in [-0.25, -0.2) is 4.79 Å². The average Bonchev–Trinajstić information content (AvgIpc) is 2.85. The molecule has 19 heavy (non-hydrogen) atoms. The number of H-pyrrole nitrogens is 1. The first-order valence-electron chi connectivity index (χ1n) is 6.07. The number of benzene rings is 1. The van der Waals surface area contributed by atoms with Gasteiger partial charge in [0, 0.05) is 17.8 Å². The molecule has 5 heteroatoms. The summed E-state index contributed by atoms with van der Waals surface area (Å²) in [7, 11) is 1.39. The van der Waals surface area contributed by atoms with E-state index in [1.807, 2.05) is 37.3 Å². The van der Waals surface area contributed by atoms with Gasteiger partial charge in [0.15, 0.2) is 0 Å². The Labute approximate surface area is 112 Å². The van der Waals surface area contributed by atoms with E-state index in [9.17, 15) is 4.79 Å². The minimum absolute atomic E-state index is 0.299. The van der Waals surface area contributed by atoms with E-state index in [1.165, 1.54) is 7.11 Å². The van der Waals surface area contributed by atoms with E-state index in [1.54, 1.807) is 6.20 Å². The first-order valence-corrected chi connectivity index (χ1v) is 6.07. The summed E-state index contributed by atoms with van der Waals surface area (Å²) in [6.07, 6.45) is 1.75. The van der Waals surface area contributed by atoms with E-state index >= 15 is 0 Å². The first kappa shape index (κ1) is 13.3. The normalized spacial score (nSPS) is 12.1.